The first kappa shape index (κ1) is 24.1. The second kappa shape index (κ2) is 8.39. The van der Waals surface area contributed by atoms with E-state index in [2.05, 4.69) is 0 Å². The van der Waals surface area contributed by atoms with Gasteiger partial charge in [-0.25, -0.2) is 8.78 Å². The van der Waals surface area contributed by atoms with E-state index in [-0.39, 0.29) is 53.2 Å². The van der Waals surface area contributed by atoms with Crippen LogP contribution in [-0.2, 0) is 18.6 Å². The predicted octanol–water partition coefficient (Wildman–Crippen LogP) is 2.58. The zero-order chi connectivity index (χ0) is 26.2. The number of rotatable bonds is 5. The number of aliphatic hydroxyl groups excluding tert-OH is 1. The number of hydrogen-bond acceptors (Lipinski definition) is 5. The summed E-state index contributed by atoms with van der Waals surface area (Å²) in [5, 5.41) is 20.3. The molecular formula is C26H24ClF2N3O5. The lowest BCUT2D eigenvalue weighted by Gasteiger charge is -2.43. The first-order valence-electron chi connectivity index (χ1n) is 12.2. The number of fused-ring (bicyclic) bond motifs is 6. The largest absolute Gasteiger partial charge is 0.502 e. The van der Waals surface area contributed by atoms with Crippen molar-refractivity contribution in [2.45, 2.75) is 37.6 Å². The Kier molecular flexibility index (Phi) is 5.47. The number of hydrogen-bond donors (Lipinski definition) is 2. The summed E-state index contributed by atoms with van der Waals surface area (Å²) < 4.78 is 29.3. The molecule has 194 valence electrons. The van der Waals surface area contributed by atoms with Gasteiger partial charge in [0.15, 0.2) is 5.75 Å². The van der Waals surface area contributed by atoms with Crippen LogP contribution in [0, 0.1) is 17.7 Å². The minimum absolute atomic E-state index is 0.00159. The minimum Gasteiger partial charge on any atom is -0.502 e. The van der Waals surface area contributed by atoms with Crippen LogP contribution in [-0.4, -0.2) is 62.3 Å². The summed E-state index contributed by atoms with van der Waals surface area (Å²) in [4.78, 5) is 43.6. The Hall–Kier alpha value is -3.24. The molecule has 2 aliphatic carbocycles. The Morgan fingerprint density at radius 2 is 1.97 bits per heavy atom. The fraction of sp³-hybridized carbons (Fsp3) is 0.423. The van der Waals surface area contributed by atoms with Crippen LogP contribution >= 0.6 is 11.6 Å². The normalized spacial score (nSPS) is 26.4. The quantitative estimate of drug-likeness (QED) is 0.577. The van der Waals surface area contributed by atoms with Gasteiger partial charge in [0.1, 0.15) is 23.3 Å². The molecular weight excluding hydrogens is 508 g/mol. The second-order valence-corrected chi connectivity index (χ2v) is 10.5. The minimum atomic E-state index is -1.71. The zero-order valence-electron chi connectivity index (χ0n) is 19.7. The third kappa shape index (κ3) is 3.24. The molecule has 1 aromatic carbocycles. The molecule has 0 bridgehead atoms. The van der Waals surface area contributed by atoms with E-state index in [1.165, 1.54) is 32.6 Å². The highest BCUT2D eigenvalue weighted by Crippen LogP contribution is 2.56. The average Bonchev–Trinajstić information content (AvgIpc) is 3.24. The number of pyridine rings is 1. The molecule has 1 fully saturated rings. The summed E-state index contributed by atoms with van der Waals surface area (Å²) in [5.74, 6) is -2.68. The van der Waals surface area contributed by atoms with Gasteiger partial charge in [-0.1, -0.05) is 29.8 Å². The van der Waals surface area contributed by atoms with E-state index in [9.17, 15) is 33.4 Å². The number of alkyl halides is 1. The Morgan fingerprint density at radius 3 is 2.62 bits per heavy atom. The first-order valence-corrected chi connectivity index (χ1v) is 12.6. The van der Waals surface area contributed by atoms with Gasteiger partial charge in [0.25, 0.3) is 17.4 Å². The van der Waals surface area contributed by atoms with Crippen LogP contribution in [0.3, 0.4) is 0 Å². The monoisotopic (exact) mass is 531 g/mol. The molecule has 6 rings (SSSR count). The van der Waals surface area contributed by atoms with Crippen LogP contribution < -0.4 is 5.56 Å². The third-order valence-corrected chi connectivity index (χ3v) is 8.52. The average molecular weight is 532 g/mol. The maximum absolute atomic E-state index is 14.5. The van der Waals surface area contributed by atoms with Gasteiger partial charge in [0.05, 0.1) is 23.7 Å². The van der Waals surface area contributed by atoms with Gasteiger partial charge in [0.2, 0.25) is 0 Å². The van der Waals surface area contributed by atoms with Gasteiger partial charge >= 0.3 is 0 Å². The van der Waals surface area contributed by atoms with Gasteiger partial charge in [0, 0.05) is 24.6 Å². The number of carbonyl (C=O) groups is 2. The fourth-order valence-electron chi connectivity index (χ4n) is 6.49. The molecule has 11 heteroatoms. The summed E-state index contributed by atoms with van der Waals surface area (Å²) in [5.41, 5.74) is -1.48. The van der Waals surface area contributed by atoms with E-state index >= 15 is 0 Å². The molecule has 2 aliphatic heterocycles. The third-order valence-electron chi connectivity index (χ3n) is 8.23. The van der Waals surface area contributed by atoms with E-state index in [0.29, 0.717) is 18.4 Å². The summed E-state index contributed by atoms with van der Waals surface area (Å²) in [6, 6.07) is 4.08. The summed E-state index contributed by atoms with van der Waals surface area (Å²) in [6.45, 7) is -0.942. The molecule has 1 saturated carbocycles. The predicted molar refractivity (Wildman–Crippen MR) is 129 cm³/mol. The lowest BCUT2D eigenvalue weighted by atomic mass is 9.79. The van der Waals surface area contributed by atoms with Gasteiger partial charge in [-0.15, -0.1) is 0 Å². The Bertz CT molecular complexity index is 1440. The Morgan fingerprint density at radius 1 is 1.19 bits per heavy atom. The van der Waals surface area contributed by atoms with Crippen molar-refractivity contribution < 1.29 is 28.6 Å². The van der Waals surface area contributed by atoms with Crippen LogP contribution in [0.4, 0.5) is 8.78 Å². The Labute approximate surface area is 215 Å². The van der Waals surface area contributed by atoms with Crippen LogP contribution in [0.5, 0.6) is 5.75 Å². The molecule has 37 heavy (non-hydrogen) atoms. The molecule has 4 unspecified atom stereocenters. The number of benzene rings is 1. The van der Waals surface area contributed by atoms with Crippen LogP contribution in [0.25, 0.3) is 0 Å². The molecule has 0 radical (unpaired) electrons. The molecule has 1 aromatic heterocycles. The SMILES string of the molecule is O=C1c2c(c3n(c(=O)c2O)C2(CCC4C=CC42)N(CC(F)CO)C3=O)CCN1Cc1ccc(F)c(Cl)c1. The molecule has 4 aliphatic rings. The van der Waals surface area contributed by atoms with Gasteiger partial charge in [-0.05, 0) is 42.9 Å². The number of halogens is 3. The van der Waals surface area contributed by atoms with Gasteiger partial charge in [-0.2, -0.15) is 0 Å². The molecule has 2 N–H and O–H groups in total. The molecule has 2 amide bonds. The number of aromatic hydroxyl groups is 1. The molecule has 0 saturated heterocycles. The maximum atomic E-state index is 14.5. The molecule has 1 spiro atoms. The van der Waals surface area contributed by atoms with Crippen molar-refractivity contribution in [3.8, 4) is 5.75 Å². The van der Waals surface area contributed by atoms with Crippen LogP contribution in [0.2, 0.25) is 5.02 Å². The van der Waals surface area contributed by atoms with Crippen molar-refractivity contribution in [3.63, 3.8) is 0 Å². The standard InChI is InChI=1S/C26H24ClF2N3O5/c27-18-9-13(1-4-19(18)29)10-30-8-6-16-20(23(30)35)22(34)25(37)32-21(16)24(36)31(11-15(28)12-33)26(32)7-5-14-2-3-17(14)26/h1-4,9,14-15,17,33-34H,5-8,10-12H2. The number of aliphatic hydroxyl groups is 1. The van der Waals surface area contributed by atoms with Crippen LogP contribution in [0.15, 0.2) is 35.1 Å². The second-order valence-electron chi connectivity index (χ2n) is 10.1. The number of amides is 2. The first-order chi connectivity index (χ1) is 17.7. The highest BCUT2D eigenvalue weighted by molar-refractivity contribution is 6.30. The highest BCUT2D eigenvalue weighted by atomic mass is 35.5. The van der Waals surface area contributed by atoms with Crippen molar-refractivity contribution in [2.75, 3.05) is 19.7 Å². The number of aromatic nitrogens is 1. The van der Waals surface area contributed by atoms with Crippen LogP contribution in [0.1, 0.15) is 44.8 Å². The van der Waals surface area contributed by atoms with E-state index < -0.39 is 53.9 Å². The van der Waals surface area contributed by atoms with Crippen molar-refractivity contribution in [2.24, 2.45) is 11.8 Å². The van der Waals surface area contributed by atoms with E-state index in [1.54, 1.807) is 0 Å². The molecule has 3 heterocycles. The smallest absolute Gasteiger partial charge is 0.296 e. The van der Waals surface area contributed by atoms with Crippen molar-refractivity contribution in [1.29, 1.82) is 0 Å². The maximum Gasteiger partial charge on any atom is 0.296 e. The number of allylic oxidation sites excluding steroid dienone is 1. The zero-order valence-corrected chi connectivity index (χ0v) is 20.4. The van der Waals surface area contributed by atoms with Crippen molar-refractivity contribution in [1.82, 2.24) is 14.4 Å². The number of nitrogens with zero attached hydrogens (tertiary/aromatic N) is 3. The Balaban J connectivity index is 1.46. The van der Waals surface area contributed by atoms with Gasteiger partial charge < -0.3 is 20.0 Å². The summed E-state index contributed by atoms with van der Waals surface area (Å²) >= 11 is 5.87. The number of carbonyl (C=O) groups excluding carboxylic acids is 2. The molecule has 2 aromatic rings. The lowest BCUT2D eigenvalue weighted by molar-refractivity contribution is -0.00146. The van der Waals surface area contributed by atoms with E-state index in [1.807, 2.05) is 12.2 Å². The van der Waals surface area contributed by atoms with Crippen molar-refractivity contribution >= 4 is 23.4 Å². The summed E-state index contributed by atoms with van der Waals surface area (Å²) in [7, 11) is 0. The topological polar surface area (TPSA) is 103 Å². The van der Waals surface area contributed by atoms with Gasteiger partial charge in [-0.3, -0.25) is 19.0 Å². The van der Waals surface area contributed by atoms with Crippen molar-refractivity contribution in [3.05, 3.63) is 73.9 Å². The highest BCUT2D eigenvalue weighted by Gasteiger charge is 2.62. The summed E-state index contributed by atoms with van der Waals surface area (Å²) in [6.07, 6.45) is 3.41. The fourth-order valence-corrected chi connectivity index (χ4v) is 6.69. The molecule has 8 nitrogen and oxygen atoms in total. The lowest BCUT2D eigenvalue weighted by Crippen LogP contribution is -2.55. The van der Waals surface area contributed by atoms with E-state index in [4.69, 9.17) is 11.6 Å². The molecule has 4 atom stereocenters. The van der Waals surface area contributed by atoms with E-state index in [0.717, 1.165) is 0 Å².